The number of benzene rings is 2. The Bertz CT molecular complexity index is 620. The van der Waals surface area contributed by atoms with E-state index in [9.17, 15) is 4.79 Å². The second-order valence-electron chi connectivity index (χ2n) is 6.31. The van der Waals surface area contributed by atoms with Crippen LogP contribution in [-0.2, 0) is 27.5 Å². The van der Waals surface area contributed by atoms with Gasteiger partial charge in [-0.3, -0.25) is 4.79 Å². The molecule has 0 aliphatic rings. The Hall–Kier alpha value is -2.21. The fourth-order valence-electron chi connectivity index (χ4n) is 2.51. The Labute approximate surface area is 162 Å². The van der Waals surface area contributed by atoms with E-state index in [1.54, 1.807) is 0 Å². The molecule has 2 aromatic rings. The number of nitrogens with one attached hydrogen (secondary N) is 2. The van der Waals surface area contributed by atoms with E-state index in [0.717, 1.165) is 31.6 Å². The van der Waals surface area contributed by atoms with Crippen LogP contribution in [0, 0.1) is 0 Å². The van der Waals surface area contributed by atoms with Crippen molar-refractivity contribution in [1.82, 2.24) is 10.6 Å². The molecule has 5 nitrogen and oxygen atoms in total. The van der Waals surface area contributed by atoms with Gasteiger partial charge >= 0.3 is 0 Å². The minimum absolute atomic E-state index is 0.00126. The Morgan fingerprint density at radius 2 is 1.33 bits per heavy atom. The van der Waals surface area contributed by atoms with E-state index in [1.165, 1.54) is 5.56 Å². The minimum atomic E-state index is -0.00126. The molecule has 0 aromatic heterocycles. The highest BCUT2D eigenvalue weighted by molar-refractivity contribution is 5.77. The second kappa shape index (κ2) is 13.9. The SMILES string of the molecule is O=C(CNCCCCOCc1ccccc1)NCCOCc1ccccc1. The molecule has 0 saturated carbocycles. The van der Waals surface area contributed by atoms with E-state index in [-0.39, 0.29) is 5.91 Å². The zero-order valence-electron chi connectivity index (χ0n) is 15.9. The number of carbonyl (C=O) groups excluding carboxylic acids is 1. The Kier molecular flexibility index (Phi) is 10.9. The number of carbonyl (C=O) groups is 1. The summed E-state index contributed by atoms with van der Waals surface area (Å²) in [4.78, 5) is 11.7. The third-order valence-corrected chi connectivity index (χ3v) is 3.97. The third kappa shape index (κ3) is 10.5. The summed E-state index contributed by atoms with van der Waals surface area (Å²) in [6.07, 6.45) is 1.97. The molecule has 0 aliphatic heterocycles. The number of hydrogen-bond acceptors (Lipinski definition) is 4. The summed E-state index contributed by atoms with van der Waals surface area (Å²) in [6, 6.07) is 20.2. The van der Waals surface area contributed by atoms with Crippen LogP contribution in [0.1, 0.15) is 24.0 Å². The summed E-state index contributed by atoms with van der Waals surface area (Å²) in [7, 11) is 0. The Balaban J connectivity index is 1.35. The molecule has 0 fully saturated rings. The van der Waals surface area contributed by atoms with Crippen molar-refractivity contribution in [1.29, 1.82) is 0 Å². The van der Waals surface area contributed by atoms with Gasteiger partial charge in [-0.1, -0.05) is 60.7 Å². The van der Waals surface area contributed by atoms with Crippen molar-refractivity contribution in [3.05, 3.63) is 71.8 Å². The molecule has 146 valence electrons. The molecule has 0 spiro atoms. The molecule has 27 heavy (non-hydrogen) atoms. The van der Waals surface area contributed by atoms with Crippen LogP contribution < -0.4 is 10.6 Å². The maximum atomic E-state index is 11.7. The van der Waals surface area contributed by atoms with Gasteiger partial charge in [-0.15, -0.1) is 0 Å². The second-order valence-corrected chi connectivity index (χ2v) is 6.31. The molecular formula is C22H30N2O3. The van der Waals surface area contributed by atoms with E-state index in [2.05, 4.69) is 22.8 Å². The molecule has 0 heterocycles. The van der Waals surface area contributed by atoms with Crippen molar-refractivity contribution in [3.63, 3.8) is 0 Å². The van der Waals surface area contributed by atoms with Crippen LogP contribution in [0.4, 0.5) is 0 Å². The lowest BCUT2D eigenvalue weighted by molar-refractivity contribution is -0.120. The van der Waals surface area contributed by atoms with Gasteiger partial charge in [0.1, 0.15) is 0 Å². The molecule has 0 atom stereocenters. The van der Waals surface area contributed by atoms with E-state index in [4.69, 9.17) is 9.47 Å². The van der Waals surface area contributed by atoms with Crippen LogP contribution in [0.25, 0.3) is 0 Å². The van der Waals surface area contributed by atoms with Crippen LogP contribution in [0.5, 0.6) is 0 Å². The maximum Gasteiger partial charge on any atom is 0.234 e. The van der Waals surface area contributed by atoms with Crippen LogP contribution in [0.3, 0.4) is 0 Å². The quantitative estimate of drug-likeness (QED) is 0.502. The van der Waals surface area contributed by atoms with Gasteiger partial charge in [0.15, 0.2) is 0 Å². The first-order valence-corrected chi connectivity index (χ1v) is 9.55. The first kappa shape index (κ1) is 21.1. The van der Waals surface area contributed by atoms with Crippen molar-refractivity contribution in [2.45, 2.75) is 26.1 Å². The zero-order valence-corrected chi connectivity index (χ0v) is 15.9. The molecule has 0 unspecified atom stereocenters. The summed E-state index contributed by atoms with van der Waals surface area (Å²) in [5.41, 5.74) is 2.33. The molecular weight excluding hydrogens is 340 g/mol. The maximum absolute atomic E-state index is 11.7. The smallest absolute Gasteiger partial charge is 0.234 e. The fraction of sp³-hybridized carbons (Fsp3) is 0.409. The lowest BCUT2D eigenvalue weighted by atomic mass is 10.2. The first-order chi connectivity index (χ1) is 13.3. The van der Waals surface area contributed by atoms with Crippen molar-refractivity contribution in [2.75, 3.05) is 32.8 Å². The number of rotatable bonds is 14. The van der Waals surface area contributed by atoms with Gasteiger partial charge < -0.3 is 20.1 Å². The lowest BCUT2D eigenvalue weighted by Crippen LogP contribution is -2.36. The van der Waals surface area contributed by atoms with E-state index >= 15 is 0 Å². The Morgan fingerprint density at radius 3 is 1.96 bits per heavy atom. The molecule has 0 aliphatic carbocycles. The molecule has 0 radical (unpaired) electrons. The molecule has 2 aromatic carbocycles. The Morgan fingerprint density at radius 1 is 0.741 bits per heavy atom. The number of amides is 1. The number of ether oxygens (including phenoxy) is 2. The van der Waals surface area contributed by atoms with Gasteiger partial charge in [0.25, 0.3) is 0 Å². The molecule has 0 bridgehead atoms. The summed E-state index contributed by atoms with van der Waals surface area (Å²) >= 11 is 0. The molecule has 2 rings (SSSR count). The van der Waals surface area contributed by atoms with Crippen LogP contribution in [-0.4, -0.2) is 38.8 Å². The summed E-state index contributed by atoms with van der Waals surface area (Å²) < 4.78 is 11.2. The van der Waals surface area contributed by atoms with Gasteiger partial charge in [0.05, 0.1) is 26.4 Å². The highest BCUT2D eigenvalue weighted by Gasteiger charge is 2.00. The molecule has 2 N–H and O–H groups in total. The fourth-order valence-corrected chi connectivity index (χ4v) is 2.51. The van der Waals surface area contributed by atoms with Gasteiger partial charge in [-0.25, -0.2) is 0 Å². The van der Waals surface area contributed by atoms with Crippen molar-refractivity contribution < 1.29 is 14.3 Å². The number of unbranched alkanes of at least 4 members (excludes halogenated alkanes) is 1. The standard InChI is InChI=1S/C22H30N2O3/c25-22(24-14-16-27-19-21-11-5-2-6-12-21)17-23-13-7-8-15-26-18-20-9-3-1-4-10-20/h1-6,9-12,23H,7-8,13-19H2,(H,24,25). The van der Waals surface area contributed by atoms with Crippen LogP contribution in [0.15, 0.2) is 60.7 Å². The van der Waals surface area contributed by atoms with E-state index < -0.39 is 0 Å². The molecule has 1 amide bonds. The summed E-state index contributed by atoms with van der Waals surface area (Å²) in [6.45, 7) is 4.15. The predicted molar refractivity (Wildman–Crippen MR) is 107 cm³/mol. The summed E-state index contributed by atoms with van der Waals surface area (Å²) in [5, 5.41) is 6.00. The van der Waals surface area contributed by atoms with E-state index in [0.29, 0.717) is 32.9 Å². The van der Waals surface area contributed by atoms with E-state index in [1.807, 2.05) is 48.5 Å². The van der Waals surface area contributed by atoms with Crippen molar-refractivity contribution in [3.8, 4) is 0 Å². The van der Waals surface area contributed by atoms with Gasteiger partial charge in [0, 0.05) is 13.2 Å². The summed E-state index contributed by atoms with van der Waals surface area (Å²) in [5.74, 6) is -0.00126. The zero-order chi connectivity index (χ0) is 19.0. The van der Waals surface area contributed by atoms with Gasteiger partial charge in [-0.05, 0) is 30.5 Å². The number of hydrogen-bond donors (Lipinski definition) is 2. The molecule has 5 heteroatoms. The largest absolute Gasteiger partial charge is 0.377 e. The minimum Gasteiger partial charge on any atom is -0.377 e. The predicted octanol–water partition coefficient (Wildman–Crippen LogP) is 2.91. The van der Waals surface area contributed by atoms with Crippen LogP contribution >= 0.6 is 0 Å². The van der Waals surface area contributed by atoms with Gasteiger partial charge in [0.2, 0.25) is 5.91 Å². The van der Waals surface area contributed by atoms with Gasteiger partial charge in [-0.2, -0.15) is 0 Å². The topological polar surface area (TPSA) is 59.6 Å². The van der Waals surface area contributed by atoms with Crippen LogP contribution in [0.2, 0.25) is 0 Å². The normalized spacial score (nSPS) is 10.7. The first-order valence-electron chi connectivity index (χ1n) is 9.55. The average Bonchev–Trinajstić information content (AvgIpc) is 2.71. The average molecular weight is 370 g/mol. The third-order valence-electron chi connectivity index (χ3n) is 3.97. The monoisotopic (exact) mass is 370 g/mol. The van der Waals surface area contributed by atoms with Crippen molar-refractivity contribution in [2.24, 2.45) is 0 Å². The molecule has 0 saturated heterocycles. The lowest BCUT2D eigenvalue weighted by Gasteiger charge is -2.08. The highest BCUT2D eigenvalue weighted by atomic mass is 16.5. The highest BCUT2D eigenvalue weighted by Crippen LogP contribution is 2.01. The van der Waals surface area contributed by atoms with Crippen molar-refractivity contribution >= 4 is 5.91 Å².